The molecular formula is C11H11N3O2. The highest BCUT2D eigenvalue weighted by molar-refractivity contribution is 5.69. The number of carbonyl (C=O) groups excluding carboxylic acids is 1. The van der Waals surface area contributed by atoms with Crippen LogP contribution in [-0.2, 0) is 6.54 Å². The molecule has 0 amide bonds. The van der Waals surface area contributed by atoms with E-state index in [9.17, 15) is 4.79 Å². The number of aldehydes is 1. The first kappa shape index (κ1) is 10.4. The third-order valence-corrected chi connectivity index (χ3v) is 2.18. The van der Waals surface area contributed by atoms with Crippen molar-refractivity contribution in [1.82, 2.24) is 14.5 Å². The number of nitrogens with zero attached hydrogens (tertiary/aromatic N) is 3. The minimum absolute atomic E-state index is 0.393. The first-order chi connectivity index (χ1) is 7.83. The number of imidazole rings is 1. The number of pyridine rings is 1. The number of ether oxygens (including phenoxy) is 1. The molecule has 5 nitrogen and oxygen atoms in total. The predicted molar refractivity (Wildman–Crippen MR) is 57.5 cm³/mol. The van der Waals surface area contributed by atoms with E-state index in [-0.39, 0.29) is 0 Å². The molecule has 0 bridgehead atoms. The fourth-order valence-corrected chi connectivity index (χ4v) is 1.41. The van der Waals surface area contributed by atoms with E-state index in [4.69, 9.17) is 4.74 Å². The standard InChI is InChI=1S/C11H11N3O2/c1-16-11-4-2-3-9(13-11)7-14-6-5-12-10(14)8-15/h2-6,8H,7H2,1H3. The summed E-state index contributed by atoms with van der Waals surface area (Å²) in [6.45, 7) is 0.505. The molecule has 0 radical (unpaired) electrons. The normalized spacial score (nSPS) is 10.1. The second-order valence-electron chi connectivity index (χ2n) is 3.20. The SMILES string of the molecule is COc1cccc(Cn2ccnc2C=O)n1. The summed E-state index contributed by atoms with van der Waals surface area (Å²) in [5.41, 5.74) is 0.820. The van der Waals surface area contributed by atoms with Crippen molar-refractivity contribution in [2.24, 2.45) is 0 Å². The van der Waals surface area contributed by atoms with Crippen LogP contribution in [0.15, 0.2) is 30.6 Å². The van der Waals surface area contributed by atoms with Crippen molar-refractivity contribution in [2.75, 3.05) is 7.11 Å². The van der Waals surface area contributed by atoms with Crippen LogP contribution in [0.2, 0.25) is 0 Å². The molecule has 82 valence electrons. The number of rotatable bonds is 4. The van der Waals surface area contributed by atoms with Crippen molar-refractivity contribution in [3.8, 4) is 5.88 Å². The van der Waals surface area contributed by atoms with Crippen molar-refractivity contribution in [3.05, 3.63) is 42.1 Å². The monoisotopic (exact) mass is 217 g/mol. The van der Waals surface area contributed by atoms with Crippen LogP contribution in [0.5, 0.6) is 5.88 Å². The van der Waals surface area contributed by atoms with Crippen molar-refractivity contribution >= 4 is 6.29 Å². The molecule has 0 saturated carbocycles. The van der Waals surface area contributed by atoms with E-state index in [1.54, 1.807) is 30.1 Å². The lowest BCUT2D eigenvalue weighted by Crippen LogP contribution is -2.05. The fourth-order valence-electron chi connectivity index (χ4n) is 1.41. The Bertz CT molecular complexity index is 493. The van der Waals surface area contributed by atoms with E-state index in [1.165, 1.54) is 0 Å². The van der Waals surface area contributed by atoms with Crippen LogP contribution in [0.4, 0.5) is 0 Å². The first-order valence-electron chi connectivity index (χ1n) is 4.79. The zero-order valence-electron chi connectivity index (χ0n) is 8.83. The van der Waals surface area contributed by atoms with E-state index >= 15 is 0 Å². The van der Waals surface area contributed by atoms with Crippen molar-refractivity contribution in [2.45, 2.75) is 6.54 Å². The van der Waals surface area contributed by atoms with Gasteiger partial charge in [-0.25, -0.2) is 9.97 Å². The maximum absolute atomic E-state index is 10.7. The Labute approximate surface area is 92.7 Å². The molecule has 0 N–H and O–H groups in total. The number of methoxy groups -OCH3 is 1. The van der Waals surface area contributed by atoms with E-state index < -0.39 is 0 Å². The molecule has 2 aromatic heterocycles. The Morgan fingerprint density at radius 2 is 2.38 bits per heavy atom. The van der Waals surface area contributed by atoms with Crippen LogP contribution in [0.1, 0.15) is 16.3 Å². The van der Waals surface area contributed by atoms with Crippen LogP contribution < -0.4 is 4.74 Å². The Balaban J connectivity index is 2.23. The summed E-state index contributed by atoms with van der Waals surface area (Å²) in [6, 6.07) is 5.51. The Kier molecular flexibility index (Phi) is 2.95. The Morgan fingerprint density at radius 3 is 3.12 bits per heavy atom. The highest BCUT2D eigenvalue weighted by Crippen LogP contribution is 2.08. The van der Waals surface area contributed by atoms with Crippen LogP contribution in [0.25, 0.3) is 0 Å². The lowest BCUT2D eigenvalue weighted by Gasteiger charge is -2.05. The lowest BCUT2D eigenvalue weighted by molar-refractivity contribution is 0.111. The summed E-state index contributed by atoms with van der Waals surface area (Å²) >= 11 is 0. The zero-order valence-corrected chi connectivity index (χ0v) is 8.83. The van der Waals surface area contributed by atoms with E-state index in [2.05, 4.69) is 9.97 Å². The molecule has 2 aromatic rings. The van der Waals surface area contributed by atoms with Gasteiger partial charge in [-0.05, 0) is 6.07 Å². The minimum Gasteiger partial charge on any atom is -0.481 e. The van der Waals surface area contributed by atoms with Gasteiger partial charge in [-0.3, -0.25) is 4.79 Å². The molecular weight excluding hydrogens is 206 g/mol. The fraction of sp³-hybridized carbons (Fsp3) is 0.182. The summed E-state index contributed by atoms with van der Waals surface area (Å²) < 4.78 is 6.76. The lowest BCUT2D eigenvalue weighted by atomic mass is 10.3. The molecule has 0 spiro atoms. The molecule has 0 aliphatic carbocycles. The smallest absolute Gasteiger partial charge is 0.213 e. The van der Waals surface area contributed by atoms with E-state index in [0.29, 0.717) is 18.2 Å². The number of aromatic nitrogens is 3. The first-order valence-corrected chi connectivity index (χ1v) is 4.79. The van der Waals surface area contributed by atoms with Gasteiger partial charge in [-0.1, -0.05) is 6.07 Å². The van der Waals surface area contributed by atoms with E-state index in [0.717, 1.165) is 12.0 Å². The molecule has 0 unspecified atom stereocenters. The summed E-state index contributed by atoms with van der Waals surface area (Å²) in [6.07, 6.45) is 4.05. The summed E-state index contributed by atoms with van der Waals surface area (Å²) in [5, 5.41) is 0. The molecule has 0 aliphatic heterocycles. The molecule has 5 heteroatoms. The van der Waals surface area contributed by atoms with Gasteiger partial charge in [0.15, 0.2) is 12.1 Å². The third kappa shape index (κ3) is 2.08. The Hall–Kier alpha value is -2.17. The summed E-state index contributed by atoms with van der Waals surface area (Å²) in [7, 11) is 1.57. The molecule has 16 heavy (non-hydrogen) atoms. The molecule has 0 fully saturated rings. The van der Waals surface area contributed by atoms with Crippen LogP contribution in [0, 0.1) is 0 Å². The van der Waals surface area contributed by atoms with Crippen LogP contribution in [-0.4, -0.2) is 27.9 Å². The predicted octanol–water partition coefficient (Wildman–Crippen LogP) is 1.15. The molecule has 2 rings (SSSR count). The minimum atomic E-state index is 0.393. The molecule has 2 heterocycles. The second kappa shape index (κ2) is 4.57. The highest BCUT2D eigenvalue weighted by atomic mass is 16.5. The zero-order chi connectivity index (χ0) is 11.4. The highest BCUT2D eigenvalue weighted by Gasteiger charge is 2.03. The molecule has 0 aliphatic rings. The Morgan fingerprint density at radius 1 is 1.50 bits per heavy atom. The van der Waals surface area contributed by atoms with Gasteiger partial charge in [0.1, 0.15) is 0 Å². The van der Waals surface area contributed by atoms with Crippen molar-refractivity contribution in [1.29, 1.82) is 0 Å². The molecule has 0 aromatic carbocycles. The van der Waals surface area contributed by atoms with Gasteiger partial charge in [0, 0.05) is 18.5 Å². The van der Waals surface area contributed by atoms with Crippen LogP contribution in [0.3, 0.4) is 0 Å². The van der Waals surface area contributed by atoms with Crippen molar-refractivity contribution < 1.29 is 9.53 Å². The quantitative estimate of drug-likeness (QED) is 0.721. The van der Waals surface area contributed by atoms with Gasteiger partial charge in [0.2, 0.25) is 5.88 Å². The number of carbonyl (C=O) groups is 1. The average Bonchev–Trinajstić information content (AvgIpc) is 2.76. The third-order valence-electron chi connectivity index (χ3n) is 2.18. The second-order valence-corrected chi connectivity index (χ2v) is 3.20. The van der Waals surface area contributed by atoms with Crippen molar-refractivity contribution in [3.63, 3.8) is 0 Å². The average molecular weight is 217 g/mol. The van der Waals surface area contributed by atoms with Gasteiger partial charge in [-0.15, -0.1) is 0 Å². The number of hydrogen-bond donors (Lipinski definition) is 0. The maximum Gasteiger partial charge on any atom is 0.213 e. The van der Waals surface area contributed by atoms with Gasteiger partial charge in [0.25, 0.3) is 0 Å². The van der Waals surface area contributed by atoms with Crippen LogP contribution >= 0.6 is 0 Å². The summed E-state index contributed by atoms with van der Waals surface area (Å²) in [5.74, 6) is 0.954. The maximum atomic E-state index is 10.7. The van der Waals surface area contributed by atoms with Gasteiger partial charge < -0.3 is 9.30 Å². The largest absolute Gasteiger partial charge is 0.481 e. The van der Waals surface area contributed by atoms with E-state index in [1.807, 2.05) is 12.1 Å². The van der Waals surface area contributed by atoms with Gasteiger partial charge in [-0.2, -0.15) is 0 Å². The molecule has 0 saturated heterocycles. The number of hydrogen-bond acceptors (Lipinski definition) is 4. The summed E-state index contributed by atoms with van der Waals surface area (Å²) in [4.78, 5) is 18.8. The van der Waals surface area contributed by atoms with Gasteiger partial charge >= 0.3 is 0 Å². The topological polar surface area (TPSA) is 57.0 Å². The van der Waals surface area contributed by atoms with Gasteiger partial charge in [0.05, 0.1) is 19.3 Å². The molecule has 0 atom stereocenters.